The van der Waals surface area contributed by atoms with Gasteiger partial charge in [-0.05, 0) is 49.6 Å². The first-order valence-corrected chi connectivity index (χ1v) is 9.42. The van der Waals surface area contributed by atoms with E-state index in [9.17, 15) is 0 Å². The molecular weight excluding hydrogens is 318 g/mol. The second kappa shape index (κ2) is 10.1. The fourth-order valence-electron chi connectivity index (χ4n) is 1.76. The number of benzene rings is 2. The van der Waals surface area contributed by atoms with E-state index in [0.29, 0.717) is 0 Å². The maximum absolute atomic E-state index is 4.75. The Morgan fingerprint density at radius 2 is 1.78 bits per heavy atom. The largest absolute Gasteiger partial charge is 0.242 e. The Balaban J connectivity index is 2.08. The van der Waals surface area contributed by atoms with Crippen molar-refractivity contribution < 1.29 is 0 Å². The Morgan fingerprint density at radius 3 is 2.48 bits per heavy atom. The summed E-state index contributed by atoms with van der Waals surface area (Å²) >= 11 is 3.45. The Labute approximate surface area is 147 Å². The van der Waals surface area contributed by atoms with Gasteiger partial charge in [-0.1, -0.05) is 59.8 Å². The number of rotatable bonds is 6. The van der Waals surface area contributed by atoms with Crippen molar-refractivity contribution in [1.82, 2.24) is 0 Å². The topological polar surface area (TPSA) is 12.4 Å². The second-order valence-electron chi connectivity index (χ2n) is 4.90. The number of allylic oxidation sites excluding steroid dienone is 1. The van der Waals surface area contributed by atoms with Gasteiger partial charge in [0.1, 0.15) is 0 Å². The lowest BCUT2D eigenvalue weighted by atomic mass is 10.2. The van der Waals surface area contributed by atoms with Gasteiger partial charge >= 0.3 is 0 Å². The van der Waals surface area contributed by atoms with E-state index in [1.54, 1.807) is 23.5 Å². The van der Waals surface area contributed by atoms with Crippen molar-refractivity contribution in [3.8, 4) is 0 Å². The molecule has 1 nitrogen and oxygen atoms in total. The second-order valence-corrected chi connectivity index (χ2v) is 6.92. The van der Waals surface area contributed by atoms with Crippen molar-refractivity contribution in [2.75, 3.05) is 5.75 Å². The first-order valence-electron chi connectivity index (χ1n) is 7.55. The number of thioether (sulfide) groups is 2. The van der Waals surface area contributed by atoms with Crippen molar-refractivity contribution in [3.63, 3.8) is 0 Å². The van der Waals surface area contributed by atoms with E-state index in [4.69, 9.17) is 4.99 Å². The van der Waals surface area contributed by atoms with Crippen LogP contribution in [0.1, 0.15) is 12.5 Å². The highest BCUT2D eigenvalue weighted by atomic mass is 32.2. The van der Waals surface area contributed by atoms with Gasteiger partial charge in [0.25, 0.3) is 0 Å². The molecule has 0 amide bonds. The summed E-state index contributed by atoms with van der Waals surface area (Å²) in [6.07, 6.45) is 6.30. The molecule has 0 unspecified atom stereocenters. The molecule has 0 aliphatic heterocycles. The molecule has 0 spiro atoms. The van der Waals surface area contributed by atoms with Gasteiger partial charge in [-0.3, -0.25) is 0 Å². The molecule has 2 rings (SSSR count). The van der Waals surface area contributed by atoms with Crippen LogP contribution in [-0.4, -0.2) is 10.8 Å². The van der Waals surface area contributed by atoms with E-state index in [-0.39, 0.29) is 0 Å². The fourth-order valence-corrected chi connectivity index (χ4v) is 3.31. The van der Waals surface area contributed by atoms with Gasteiger partial charge in [-0.25, -0.2) is 4.99 Å². The lowest BCUT2D eigenvalue weighted by Gasteiger charge is -2.01. The number of nitrogens with zero attached hydrogens (tertiary/aromatic N) is 1. The minimum absolute atomic E-state index is 0.932. The van der Waals surface area contributed by atoms with E-state index in [2.05, 4.69) is 79.1 Å². The number of hydrogen-bond donors (Lipinski definition) is 0. The van der Waals surface area contributed by atoms with Gasteiger partial charge in [0.05, 0.1) is 10.7 Å². The summed E-state index contributed by atoms with van der Waals surface area (Å²) in [7, 11) is 0. The molecule has 0 aromatic heterocycles. The van der Waals surface area contributed by atoms with Crippen molar-refractivity contribution in [2.24, 2.45) is 4.99 Å². The Bertz CT molecular complexity index is 671. The van der Waals surface area contributed by atoms with E-state index >= 15 is 0 Å². The Kier molecular flexibility index (Phi) is 7.78. The van der Waals surface area contributed by atoms with Crippen molar-refractivity contribution in [1.29, 1.82) is 0 Å². The highest BCUT2D eigenvalue weighted by Crippen LogP contribution is 2.21. The molecule has 0 aliphatic rings. The molecule has 0 atom stereocenters. The van der Waals surface area contributed by atoms with E-state index in [0.717, 1.165) is 16.5 Å². The standard InChI is InChI=1S/C20H21NS2/c1-3-4-15-23-20(21-18-12-10-17(2)11-13-18)14-16-22-19-8-6-5-7-9-19/h3-14,16H,15H2,1-2H3. The molecule has 118 valence electrons. The quantitative estimate of drug-likeness (QED) is 0.253. The third-order valence-electron chi connectivity index (χ3n) is 2.99. The predicted octanol–water partition coefficient (Wildman–Crippen LogP) is 6.64. The highest BCUT2D eigenvalue weighted by molar-refractivity contribution is 8.14. The molecule has 0 aliphatic carbocycles. The normalized spacial score (nSPS) is 12.3. The first-order chi connectivity index (χ1) is 11.3. The van der Waals surface area contributed by atoms with Crippen molar-refractivity contribution >= 4 is 34.3 Å². The molecule has 0 bridgehead atoms. The van der Waals surface area contributed by atoms with Crippen LogP contribution >= 0.6 is 23.5 Å². The van der Waals surface area contributed by atoms with Gasteiger partial charge < -0.3 is 0 Å². The molecule has 0 saturated heterocycles. The first kappa shape index (κ1) is 17.6. The average molecular weight is 340 g/mol. The monoisotopic (exact) mass is 339 g/mol. The minimum atomic E-state index is 0.932. The van der Waals surface area contributed by atoms with Gasteiger partial charge in [-0.15, -0.1) is 11.8 Å². The summed E-state index contributed by atoms with van der Waals surface area (Å²) in [6.45, 7) is 4.13. The zero-order chi connectivity index (χ0) is 16.3. The molecule has 23 heavy (non-hydrogen) atoms. The predicted molar refractivity (Wildman–Crippen MR) is 107 cm³/mol. The zero-order valence-corrected chi connectivity index (χ0v) is 15.1. The molecule has 2 aromatic carbocycles. The van der Waals surface area contributed by atoms with Crippen LogP contribution in [0.2, 0.25) is 0 Å². The van der Waals surface area contributed by atoms with Crippen LogP contribution in [-0.2, 0) is 0 Å². The summed E-state index contributed by atoms with van der Waals surface area (Å²) in [4.78, 5) is 5.98. The van der Waals surface area contributed by atoms with Crippen LogP contribution in [0.15, 0.2) is 88.1 Å². The summed E-state index contributed by atoms with van der Waals surface area (Å²) in [5.74, 6) is 0.932. The molecule has 2 aromatic rings. The van der Waals surface area contributed by atoms with Gasteiger partial charge in [-0.2, -0.15) is 0 Å². The Hall–Kier alpha value is -1.71. The SMILES string of the molecule is CC=CCSC(C=CSc1ccccc1)=Nc1ccc(C)cc1. The van der Waals surface area contributed by atoms with Crippen molar-refractivity contribution in [2.45, 2.75) is 18.7 Å². The van der Waals surface area contributed by atoms with Gasteiger partial charge in [0, 0.05) is 10.6 Å². The molecule has 0 radical (unpaired) electrons. The maximum Gasteiger partial charge on any atom is 0.0975 e. The number of aryl methyl sites for hydroxylation is 1. The summed E-state index contributed by atoms with van der Waals surface area (Å²) in [6, 6.07) is 18.7. The molecule has 3 heteroatoms. The number of aliphatic imine (C=N–C) groups is 1. The zero-order valence-electron chi connectivity index (χ0n) is 13.5. The molecular formula is C20H21NS2. The summed E-state index contributed by atoms with van der Waals surface area (Å²) in [5.41, 5.74) is 2.25. The van der Waals surface area contributed by atoms with Crippen LogP contribution in [0.3, 0.4) is 0 Å². The fraction of sp³-hybridized carbons (Fsp3) is 0.150. The molecule has 0 fully saturated rings. The maximum atomic E-state index is 4.75. The Morgan fingerprint density at radius 1 is 1.04 bits per heavy atom. The van der Waals surface area contributed by atoms with Crippen LogP contribution in [0.5, 0.6) is 0 Å². The summed E-state index contributed by atoms with van der Waals surface area (Å²) < 4.78 is 0. The molecule has 0 heterocycles. The lowest BCUT2D eigenvalue weighted by molar-refractivity contribution is 1.44. The van der Waals surface area contributed by atoms with Crippen LogP contribution < -0.4 is 0 Å². The molecule has 0 saturated carbocycles. The average Bonchev–Trinajstić information content (AvgIpc) is 2.58. The van der Waals surface area contributed by atoms with Gasteiger partial charge in [0.15, 0.2) is 0 Å². The van der Waals surface area contributed by atoms with Crippen LogP contribution in [0.25, 0.3) is 0 Å². The lowest BCUT2D eigenvalue weighted by Crippen LogP contribution is -1.87. The van der Waals surface area contributed by atoms with Crippen LogP contribution in [0, 0.1) is 6.92 Å². The van der Waals surface area contributed by atoms with E-state index in [1.807, 2.05) is 13.0 Å². The molecule has 0 N–H and O–H groups in total. The summed E-state index contributed by atoms with van der Waals surface area (Å²) in [5, 5.41) is 3.13. The van der Waals surface area contributed by atoms with E-state index < -0.39 is 0 Å². The third kappa shape index (κ3) is 6.93. The number of hydrogen-bond acceptors (Lipinski definition) is 3. The highest BCUT2D eigenvalue weighted by Gasteiger charge is 1.97. The van der Waals surface area contributed by atoms with Crippen LogP contribution in [0.4, 0.5) is 5.69 Å². The smallest absolute Gasteiger partial charge is 0.0975 e. The van der Waals surface area contributed by atoms with Crippen molar-refractivity contribution in [3.05, 3.63) is 83.8 Å². The minimum Gasteiger partial charge on any atom is -0.242 e. The third-order valence-corrected chi connectivity index (χ3v) is 4.69. The van der Waals surface area contributed by atoms with E-state index in [1.165, 1.54) is 10.5 Å². The van der Waals surface area contributed by atoms with Gasteiger partial charge in [0.2, 0.25) is 0 Å².